The molecule has 0 spiro atoms. The van der Waals surface area contributed by atoms with Crippen molar-refractivity contribution in [1.82, 2.24) is 5.32 Å². The van der Waals surface area contributed by atoms with E-state index in [0.29, 0.717) is 18.5 Å². The number of fused-ring (bicyclic) bond motifs is 1. The largest absolute Gasteiger partial charge is 0.372 e. The molecule has 0 aromatic heterocycles. The van der Waals surface area contributed by atoms with Crippen LogP contribution in [0.25, 0.3) is 0 Å². The zero-order chi connectivity index (χ0) is 18.8. The number of nitrogens with zero attached hydrogens (tertiary/aromatic N) is 2. The molecule has 2 aliphatic rings. The molecule has 2 aliphatic heterocycles. The Kier molecular flexibility index (Phi) is 4.84. The predicted octanol–water partition coefficient (Wildman–Crippen LogP) is 3.17. The first-order valence-electron chi connectivity index (χ1n) is 9.62. The fraction of sp³-hybridized carbons (Fsp3) is 0.364. The van der Waals surface area contributed by atoms with Gasteiger partial charge in [-0.05, 0) is 48.7 Å². The summed E-state index contributed by atoms with van der Waals surface area (Å²) in [5.41, 5.74) is 3.89. The molecule has 27 heavy (non-hydrogen) atoms. The summed E-state index contributed by atoms with van der Waals surface area (Å²) in [5.74, 6) is 0.00692. The van der Waals surface area contributed by atoms with Gasteiger partial charge in [0.05, 0.1) is 0 Å². The van der Waals surface area contributed by atoms with Crippen molar-refractivity contribution in [3.05, 3.63) is 59.7 Å². The highest BCUT2D eigenvalue weighted by molar-refractivity contribution is 5.97. The lowest BCUT2D eigenvalue weighted by atomic mass is 9.89. The Labute approximate surface area is 160 Å². The SMILES string of the molecule is CN1C(=O)C[C@H](CNC(=O)c2ccc(N3CCCC3)cc2)c2ccccc21. The Morgan fingerprint density at radius 3 is 2.52 bits per heavy atom. The van der Waals surface area contributed by atoms with Crippen molar-refractivity contribution in [3.63, 3.8) is 0 Å². The number of hydrogen-bond acceptors (Lipinski definition) is 3. The van der Waals surface area contributed by atoms with E-state index in [4.69, 9.17) is 0 Å². The molecule has 140 valence electrons. The van der Waals surface area contributed by atoms with E-state index < -0.39 is 0 Å². The van der Waals surface area contributed by atoms with Crippen LogP contribution in [0.4, 0.5) is 11.4 Å². The van der Waals surface area contributed by atoms with Gasteiger partial charge in [-0.25, -0.2) is 0 Å². The number of nitrogens with one attached hydrogen (secondary N) is 1. The minimum Gasteiger partial charge on any atom is -0.372 e. The van der Waals surface area contributed by atoms with Crippen LogP contribution in [0.5, 0.6) is 0 Å². The zero-order valence-corrected chi connectivity index (χ0v) is 15.6. The third-order valence-electron chi connectivity index (χ3n) is 5.64. The van der Waals surface area contributed by atoms with Gasteiger partial charge < -0.3 is 15.1 Å². The second kappa shape index (κ2) is 7.43. The van der Waals surface area contributed by atoms with Crippen LogP contribution in [0.15, 0.2) is 48.5 Å². The van der Waals surface area contributed by atoms with Gasteiger partial charge in [-0.15, -0.1) is 0 Å². The second-order valence-electron chi connectivity index (χ2n) is 7.36. The smallest absolute Gasteiger partial charge is 0.251 e. The summed E-state index contributed by atoms with van der Waals surface area (Å²) in [5, 5.41) is 3.01. The molecule has 0 radical (unpaired) electrons. The topological polar surface area (TPSA) is 52.7 Å². The molecule has 5 heteroatoms. The Balaban J connectivity index is 1.42. The second-order valence-corrected chi connectivity index (χ2v) is 7.36. The summed E-state index contributed by atoms with van der Waals surface area (Å²) < 4.78 is 0. The Bertz CT molecular complexity index is 841. The molecule has 0 unspecified atom stereocenters. The van der Waals surface area contributed by atoms with Crippen LogP contribution in [-0.2, 0) is 4.79 Å². The molecule has 5 nitrogen and oxygen atoms in total. The van der Waals surface area contributed by atoms with Gasteiger partial charge >= 0.3 is 0 Å². The maximum Gasteiger partial charge on any atom is 0.251 e. The summed E-state index contributed by atoms with van der Waals surface area (Å²) in [4.78, 5) is 28.9. The van der Waals surface area contributed by atoms with Crippen LogP contribution >= 0.6 is 0 Å². The van der Waals surface area contributed by atoms with Gasteiger partial charge in [-0.1, -0.05) is 18.2 Å². The molecule has 4 rings (SSSR count). The third kappa shape index (κ3) is 3.54. The molecule has 0 bridgehead atoms. The lowest BCUT2D eigenvalue weighted by Gasteiger charge is -2.31. The fourth-order valence-corrected chi connectivity index (χ4v) is 4.03. The Morgan fingerprint density at radius 1 is 1.07 bits per heavy atom. The summed E-state index contributed by atoms with van der Waals surface area (Å²) in [7, 11) is 1.80. The Hall–Kier alpha value is -2.82. The van der Waals surface area contributed by atoms with E-state index in [9.17, 15) is 9.59 Å². The maximum atomic E-state index is 12.6. The molecular weight excluding hydrogens is 338 g/mol. The fourth-order valence-electron chi connectivity index (χ4n) is 4.03. The predicted molar refractivity (Wildman–Crippen MR) is 107 cm³/mol. The number of rotatable bonds is 4. The van der Waals surface area contributed by atoms with E-state index in [1.54, 1.807) is 11.9 Å². The highest BCUT2D eigenvalue weighted by Gasteiger charge is 2.29. The van der Waals surface area contributed by atoms with Crippen LogP contribution < -0.4 is 15.1 Å². The molecule has 1 atom stereocenters. The number of anilines is 2. The number of benzene rings is 2. The van der Waals surface area contributed by atoms with Crippen LogP contribution in [0.3, 0.4) is 0 Å². The highest BCUT2D eigenvalue weighted by atomic mass is 16.2. The van der Waals surface area contributed by atoms with E-state index in [-0.39, 0.29) is 17.7 Å². The number of hydrogen-bond donors (Lipinski definition) is 1. The number of carbonyl (C=O) groups is 2. The molecule has 1 N–H and O–H groups in total. The van der Waals surface area contributed by atoms with Crippen molar-refractivity contribution >= 4 is 23.2 Å². The van der Waals surface area contributed by atoms with Crippen molar-refractivity contribution in [2.24, 2.45) is 0 Å². The highest BCUT2D eigenvalue weighted by Crippen LogP contribution is 2.34. The molecule has 2 aromatic rings. The van der Waals surface area contributed by atoms with E-state index in [1.165, 1.54) is 18.5 Å². The molecule has 0 aliphatic carbocycles. The number of carbonyl (C=O) groups excluding carboxylic acids is 2. The van der Waals surface area contributed by atoms with Crippen molar-refractivity contribution in [1.29, 1.82) is 0 Å². The van der Waals surface area contributed by atoms with Gasteiger partial charge in [0.2, 0.25) is 5.91 Å². The van der Waals surface area contributed by atoms with E-state index in [0.717, 1.165) is 24.3 Å². The summed E-state index contributed by atoms with van der Waals surface area (Å²) in [6.07, 6.45) is 2.89. The van der Waals surface area contributed by atoms with Gasteiger partial charge in [-0.3, -0.25) is 9.59 Å². The molecule has 1 fully saturated rings. The molecule has 2 amide bonds. The van der Waals surface area contributed by atoms with Crippen LogP contribution in [-0.4, -0.2) is 38.5 Å². The van der Waals surface area contributed by atoms with Gasteiger partial charge in [-0.2, -0.15) is 0 Å². The van der Waals surface area contributed by atoms with Gasteiger partial charge in [0, 0.05) is 56.0 Å². The number of para-hydroxylation sites is 1. The van der Waals surface area contributed by atoms with E-state index in [1.807, 2.05) is 48.5 Å². The first-order valence-corrected chi connectivity index (χ1v) is 9.62. The third-order valence-corrected chi connectivity index (χ3v) is 5.64. The first kappa shape index (κ1) is 17.6. The average molecular weight is 363 g/mol. The van der Waals surface area contributed by atoms with Gasteiger partial charge in [0.15, 0.2) is 0 Å². The molecular formula is C22H25N3O2. The molecule has 0 saturated carbocycles. The van der Waals surface area contributed by atoms with Crippen molar-refractivity contribution in [2.75, 3.05) is 36.5 Å². The average Bonchev–Trinajstić information content (AvgIpc) is 3.24. The van der Waals surface area contributed by atoms with Gasteiger partial charge in [0.25, 0.3) is 5.91 Å². The monoisotopic (exact) mass is 363 g/mol. The normalized spacial score (nSPS) is 19.1. The van der Waals surface area contributed by atoms with Crippen molar-refractivity contribution < 1.29 is 9.59 Å². The van der Waals surface area contributed by atoms with Crippen LogP contribution in [0, 0.1) is 0 Å². The standard InChI is InChI=1S/C22H25N3O2/c1-24-20-7-3-2-6-19(20)17(14-21(24)26)15-23-22(27)16-8-10-18(11-9-16)25-12-4-5-13-25/h2-3,6-11,17H,4-5,12-15H2,1H3,(H,23,27)/t17-/m1/s1. The minimum atomic E-state index is -0.0909. The lowest BCUT2D eigenvalue weighted by Crippen LogP contribution is -2.37. The van der Waals surface area contributed by atoms with E-state index >= 15 is 0 Å². The summed E-state index contributed by atoms with van der Waals surface area (Å²) >= 11 is 0. The molecule has 2 heterocycles. The maximum absolute atomic E-state index is 12.6. The first-order chi connectivity index (χ1) is 13.1. The summed E-state index contributed by atoms with van der Waals surface area (Å²) in [6, 6.07) is 15.7. The zero-order valence-electron chi connectivity index (χ0n) is 15.6. The molecule has 2 aromatic carbocycles. The van der Waals surface area contributed by atoms with Crippen LogP contribution in [0.1, 0.15) is 41.1 Å². The Morgan fingerprint density at radius 2 is 1.78 bits per heavy atom. The van der Waals surface area contributed by atoms with Crippen molar-refractivity contribution in [2.45, 2.75) is 25.2 Å². The van der Waals surface area contributed by atoms with E-state index in [2.05, 4.69) is 10.2 Å². The molecule has 1 saturated heterocycles. The minimum absolute atomic E-state index is 0.0118. The lowest BCUT2D eigenvalue weighted by molar-refractivity contribution is -0.119. The van der Waals surface area contributed by atoms with Crippen molar-refractivity contribution in [3.8, 4) is 0 Å². The summed E-state index contributed by atoms with van der Waals surface area (Å²) in [6.45, 7) is 2.65. The van der Waals surface area contributed by atoms with Gasteiger partial charge in [0.1, 0.15) is 0 Å². The van der Waals surface area contributed by atoms with Crippen LogP contribution in [0.2, 0.25) is 0 Å². The quantitative estimate of drug-likeness (QED) is 0.908. The number of amides is 2.